The number of amides is 1. The number of ether oxygens (including phenoxy) is 1. The predicted octanol–water partition coefficient (Wildman–Crippen LogP) is 2.92. The molecule has 1 aromatic carbocycles. The molecule has 3 heterocycles. The minimum atomic E-state index is -1.56. The Balaban J connectivity index is 1.36. The third-order valence-corrected chi connectivity index (χ3v) is 4.74. The Kier molecular flexibility index (Phi) is 6.18. The third-order valence-electron chi connectivity index (χ3n) is 4.74. The Morgan fingerprint density at radius 2 is 2.13 bits per heavy atom. The van der Waals surface area contributed by atoms with Crippen molar-refractivity contribution >= 4 is 12.2 Å². The predicted molar refractivity (Wildman–Crippen MR) is 108 cm³/mol. The number of nitrogens with one attached hydrogen (secondary N) is 1. The van der Waals surface area contributed by atoms with Crippen LogP contribution in [-0.4, -0.2) is 62.0 Å². The van der Waals surface area contributed by atoms with Crippen LogP contribution in [0.3, 0.4) is 0 Å². The minimum Gasteiger partial charge on any atom is -0.453 e. The van der Waals surface area contributed by atoms with Gasteiger partial charge in [-0.25, -0.2) is 9.18 Å². The Morgan fingerprint density at radius 3 is 2.90 bits per heavy atom. The van der Waals surface area contributed by atoms with Crippen LogP contribution in [0.1, 0.15) is 17.5 Å². The number of carbonyl (C=O) groups excluding carboxylic acids is 1. The van der Waals surface area contributed by atoms with Gasteiger partial charge in [0.2, 0.25) is 5.82 Å². The Morgan fingerprint density at radius 1 is 1.29 bits per heavy atom. The van der Waals surface area contributed by atoms with Gasteiger partial charge in [0.1, 0.15) is 18.5 Å². The number of rotatable bonds is 8. The number of aliphatic hydroxyl groups excluding tert-OH is 1. The molecule has 9 nitrogen and oxygen atoms in total. The van der Waals surface area contributed by atoms with Crippen molar-refractivity contribution in [3.8, 4) is 11.6 Å². The van der Waals surface area contributed by atoms with Gasteiger partial charge in [-0.3, -0.25) is 4.90 Å². The molecule has 1 saturated heterocycles. The highest BCUT2D eigenvalue weighted by Gasteiger charge is 2.30. The number of aromatic nitrogens is 4. The van der Waals surface area contributed by atoms with E-state index in [1.807, 2.05) is 0 Å². The molecule has 3 atom stereocenters. The van der Waals surface area contributed by atoms with Crippen molar-refractivity contribution in [2.75, 3.05) is 13.2 Å². The molecule has 0 bridgehead atoms. The quantitative estimate of drug-likeness (QED) is 0.533. The first kappa shape index (κ1) is 20.5. The maximum atomic E-state index is 14.4. The number of benzene rings is 1. The number of tetrazole rings is 1. The smallest absolute Gasteiger partial charge is 0.410 e. The standard InChI is InChI=1S/C21H20FN5O4/c22-19(14-5-2-1-3-6-14)17(28)10-8-15-13-30-21(29)27(15)12-4-7-16-9-11-18(31-16)20-23-25-26-24-20/h1-11,15,17,19,28H,12-13H2,(H,23,24,25,26). The summed E-state index contributed by atoms with van der Waals surface area (Å²) >= 11 is 0. The number of cyclic esters (lactones) is 1. The van der Waals surface area contributed by atoms with E-state index in [0.29, 0.717) is 22.9 Å². The normalized spacial score (nSPS) is 18.7. The van der Waals surface area contributed by atoms with E-state index in [4.69, 9.17) is 9.15 Å². The van der Waals surface area contributed by atoms with E-state index in [0.717, 1.165) is 0 Å². The second-order valence-corrected chi connectivity index (χ2v) is 6.82. The Hall–Kier alpha value is -3.79. The van der Waals surface area contributed by atoms with Crippen molar-refractivity contribution in [2.45, 2.75) is 18.3 Å². The zero-order valence-electron chi connectivity index (χ0n) is 16.3. The number of aromatic amines is 1. The fraction of sp³-hybridized carbons (Fsp3) is 0.238. The van der Waals surface area contributed by atoms with Crippen LogP contribution in [0.25, 0.3) is 17.7 Å². The molecule has 3 unspecified atom stereocenters. The van der Waals surface area contributed by atoms with Crippen LogP contribution in [0.4, 0.5) is 9.18 Å². The van der Waals surface area contributed by atoms with Crippen molar-refractivity contribution in [2.24, 2.45) is 0 Å². The Bertz CT molecular complexity index is 1050. The van der Waals surface area contributed by atoms with Crippen molar-refractivity contribution in [3.05, 3.63) is 72.0 Å². The van der Waals surface area contributed by atoms with Gasteiger partial charge in [-0.2, -0.15) is 5.21 Å². The Labute approximate surface area is 176 Å². The molecule has 31 heavy (non-hydrogen) atoms. The molecule has 1 amide bonds. The molecule has 3 aromatic rings. The number of halogens is 1. The fourth-order valence-electron chi connectivity index (χ4n) is 3.12. The molecule has 0 saturated carbocycles. The lowest BCUT2D eigenvalue weighted by atomic mass is 10.0. The van der Waals surface area contributed by atoms with Crippen LogP contribution in [0.5, 0.6) is 0 Å². The number of carbonyl (C=O) groups is 1. The number of hydrogen-bond donors (Lipinski definition) is 2. The van der Waals surface area contributed by atoms with Gasteiger partial charge >= 0.3 is 6.09 Å². The molecule has 0 spiro atoms. The molecule has 4 rings (SSSR count). The van der Waals surface area contributed by atoms with Crippen molar-refractivity contribution < 1.29 is 23.4 Å². The van der Waals surface area contributed by atoms with Gasteiger partial charge in [0, 0.05) is 6.54 Å². The van der Waals surface area contributed by atoms with E-state index in [-0.39, 0.29) is 13.2 Å². The summed E-state index contributed by atoms with van der Waals surface area (Å²) in [7, 11) is 0. The second kappa shape index (κ2) is 9.35. The lowest BCUT2D eigenvalue weighted by Crippen LogP contribution is -2.32. The van der Waals surface area contributed by atoms with E-state index in [1.165, 1.54) is 11.0 Å². The third kappa shape index (κ3) is 4.86. The van der Waals surface area contributed by atoms with Crippen LogP contribution in [0, 0.1) is 0 Å². The average molecular weight is 425 g/mol. The van der Waals surface area contributed by atoms with Gasteiger partial charge in [-0.15, -0.1) is 10.2 Å². The van der Waals surface area contributed by atoms with E-state index >= 15 is 0 Å². The molecule has 0 aliphatic carbocycles. The summed E-state index contributed by atoms with van der Waals surface area (Å²) in [6.07, 6.45) is 3.01. The van der Waals surface area contributed by atoms with Crippen LogP contribution in [-0.2, 0) is 4.74 Å². The van der Waals surface area contributed by atoms with Crippen LogP contribution < -0.4 is 0 Å². The lowest BCUT2D eigenvalue weighted by Gasteiger charge is -2.18. The lowest BCUT2D eigenvalue weighted by molar-refractivity contribution is 0.116. The molecular weight excluding hydrogens is 405 g/mol. The first-order valence-corrected chi connectivity index (χ1v) is 9.61. The van der Waals surface area contributed by atoms with Gasteiger partial charge in [0.15, 0.2) is 11.9 Å². The van der Waals surface area contributed by atoms with E-state index in [2.05, 4.69) is 20.6 Å². The van der Waals surface area contributed by atoms with Crippen molar-refractivity contribution in [1.29, 1.82) is 0 Å². The monoisotopic (exact) mass is 425 g/mol. The zero-order valence-corrected chi connectivity index (χ0v) is 16.3. The average Bonchev–Trinajstić information content (AvgIpc) is 3.54. The van der Waals surface area contributed by atoms with Gasteiger partial charge in [0.25, 0.3) is 0 Å². The minimum absolute atomic E-state index is 0.126. The zero-order chi connectivity index (χ0) is 21.6. The summed E-state index contributed by atoms with van der Waals surface area (Å²) in [6, 6.07) is 11.5. The highest BCUT2D eigenvalue weighted by Crippen LogP contribution is 2.23. The number of aliphatic hydroxyl groups is 1. The van der Waals surface area contributed by atoms with Crippen LogP contribution in [0.15, 0.2) is 65.1 Å². The summed E-state index contributed by atoms with van der Waals surface area (Å²) in [5.41, 5.74) is 0.386. The summed E-state index contributed by atoms with van der Waals surface area (Å²) in [6.45, 7) is 0.376. The molecule has 1 aliphatic heterocycles. The number of hydrogen-bond acceptors (Lipinski definition) is 7. The number of nitrogens with zero attached hydrogens (tertiary/aromatic N) is 4. The maximum absolute atomic E-state index is 14.4. The van der Waals surface area contributed by atoms with Gasteiger partial charge in [0.05, 0.1) is 6.04 Å². The molecule has 1 fully saturated rings. The number of furan rings is 1. The van der Waals surface area contributed by atoms with Gasteiger partial charge in [-0.05, 0) is 29.0 Å². The molecule has 1 aliphatic rings. The fourth-order valence-corrected chi connectivity index (χ4v) is 3.12. The van der Waals surface area contributed by atoms with E-state index < -0.39 is 24.4 Å². The first-order valence-electron chi connectivity index (χ1n) is 9.61. The van der Waals surface area contributed by atoms with E-state index in [1.54, 1.807) is 60.7 Å². The number of H-pyrrole nitrogens is 1. The van der Waals surface area contributed by atoms with Crippen LogP contribution >= 0.6 is 0 Å². The van der Waals surface area contributed by atoms with E-state index in [9.17, 15) is 14.3 Å². The van der Waals surface area contributed by atoms with Gasteiger partial charge in [-0.1, -0.05) is 48.6 Å². The topological polar surface area (TPSA) is 117 Å². The molecule has 160 valence electrons. The summed E-state index contributed by atoms with van der Waals surface area (Å²) < 4.78 is 25.1. The molecule has 10 heteroatoms. The largest absolute Gasteiger partial charge is 0.453 e. The van der Waals surface area contributed by atoms with Crippen molar-refractivity contribution in [3.63, 3.8) is 0 Å². The van der Waals surface area contributed by atoms with Crippen molar-refractivity contribution in [1.82, 2.24) is 25.5 Å². The first-order chi connectivity index (χ1) is 15.1. The van der Waals surface area contributed by atoms with Crippen LogP contribution in [0.2, 0.25) is 0 Å². The maximum Gasteiger partial charge on any atom is 0.410 e. The molecule has 2 aromatic heterocycles. The second-order valence-electron chi connectivity index (χ2n) is 6.82. The van der Waals surface area contributed by atoms with Gasteiger partial charge < -0.3 is 14.3 Å². The molecular formula is C21H20FN5O4. The summed E-state index contributed by atoms with van der Waals surface area (Å²) in [4.78, 5) is 13.5. The highest BCUT2D eigenvalue weighted by atomic mass is 19.1. The summed E-state index contributed by atoms with van der Waals surface area (Å²) in [5, 5.41) is 23.6. The molecule has 0 radical (unpaired) electrons. The SMILES string of the molecule is O=C1OCC(C=CC(O)C(F)c2ccccc2)N1CC=Cc1ccc(-c2nn[nH]n2)o1. The summed E-state index contributed by atoms with van der Waals surface area (Å²) in [5.74, 6) is 1.36. The highest BCUT2D eigenvalue weighted by molar-refractivity contribution is 5.71. The molecule has 2 N–H and O–H groups in total. The number of alkyl halides is 1.